The van der Waals surface area contributed by atoms with E-state index in [-0.39, 0.29) is 61.8 Å². The number of carboxylic acids is 1. The van der Waals surface area contributed by atoms with Crippen molar-refractivity contribution < 1.29 is 31.5 Å². The number of nitrogens with zero attached hydrogens (tertiary/aromatic N) is 3. The highest BCUT2D eigenvalue weighted by Crippen LogP contribution is 2.57. The maximum Gasteiger partial charge on any atom is 0.335 e. The van der Waals surface area contributed by atoms with Crippen LogP contribution in [0, 0.1) is 63.8 Å². The summed E-state index contributed by atoms with van der Waals surface area (Å²) in [6.45, 7) is 0. The van der Waals surface area contributed by atoms with Crippen LogP contribution in [0.5, 0.6) is 0 Å². The number of hydrogen-bond donors (Lipinski definition) is 1. The van der Waals surface area contributed by atoms with E-state index in [2.05, 4.69) is 12.1 Å². The third kappa shape index (κ3) is 4.83. The topological polar surface area (TPSA) is 124 Å². The molecule has 0 spiro atoms. The van der Waals surface area contributed by atoms with Gasteiger partial charge in [0, 0.05) is 22.1 Å². The van der Waals surface area contributed by atoms with Crippen LogP contribution < -0.4 is 0 Å². The van der Waals surface area contributed by atoms with Crippen LogP contribution in [0.1, 0.15) is 53.6 Å². The van der Waals surface area contributed by atoms with E-state index in [1.165, 1.54) is 52.5 Å². The van der Waals surface area contributed by atoms with Crippen molar-refractivity contribution in [1.82, 2.24) is 3.97 Å². The largest absolute Gasteiger partial charge is 0.478 e. The molecular weight excluding hydrogens is 664 g/mol. The second-order valence-electron chi connectivity index (χ2n) is 13.7. The highest BCUT2D eigenvalue weighted by Gasteiger charge is 2.54. The van der Waals surface area contributed by atoms with E-state index >= 15 is 21.6 Å². The molecule has 50 heavy (non-hydrogen) atoms. The van der Waals surface area contributed by atoms with Crippen LogP contribution >= 0.6 is 0 Å². The molecule has 0 unspecified atom stereocenters. The first-order chi connectivity index (χ1) is 24.0. The van der Waals surface area contributed by atoms with Crippen molar-refractivity contribution in [3.05, 3.63) is 107 Å². The number of aromatic nitrogens is 1. The Balaban J connectivity index is 1.47. The number of fused-ring (bicyclic) bond motifs is 1. The standard InChI is InChI=1S/C39H28F3N3O4S/c40-29-7-8-33-30(17-29)36(34-24(18-43)5-2-6-25(34)19-44)37(45(33)50(48,49)38-26-10-20-9-21(12-26)13-27(38)11-20)23-4-1-3-22(14-23)35-31(41)15-28(39(46)47)16-32(35)42/h1-8,14-17,20-21,26-27,38H,9-13H2,(H,46,47). The van der Waals surface area contributed by atoms with Gasteiger partial charge in [0.15, 0.2) is 0 Å². The average molecular weight is 692 g/mol. The maximum atomic E-state index is 15.4. The van der Waals surface area contributed by atoms with Gasteiger partial charge < -0.3 is 5.11 Å². The smallest absolute Gasteiger partial charge is 0.335 e. The molecule has 4 fully saturated rings. The van der Waals surface area contributed by atoms with Crippen LogP contribution in [0.15, 0.2) is 72.8 Å². The summed E-state index contributed by atoms with van der Waals surface area (Å²) in [5, 5.41) is 29.2. The minimum absolute atomic E-state index is 0.00975. The Morgan fingerprint density at radius 2 is 1.32 bits per heavy atom. The molecule has 1 aromatic heterocycles. The number of nitriles is 2. The molecule has 4 saturated carbocycles. The SMILES string of the molecule is N#Cc1cccc(C#N)c1-c1c(-c2cccc(-c3c(F)cc(C(=O)O)cc3F)c2)n(S(=O)(=O)C2C3CC4CC(C3)CC2C4)c2ccc(F)cc12. The first-order valence-electron chi connectivity index (χ1n) is 16.3. The van der Waals surface area contributed by atoms with Crippen molar-refractivity contribution >= 4 is 26.9 Å². The zero-order chi connectivity index (χ0) is 35.1. The molecule has 9 rings (SSSR count). The number of aromatic carboxylic acids is 1. The fourth-order valence-corrected chi connectivity index (χ4v) is 11.8. The minimum Gasteiger partial charge on any atom is -0.478 e. The number of hydrogen-bond acceptors (Lipinski definition) is 5. The lowest BCUT2D eigenvalue weighted by Crippen LogP contribution is -2.52. The lowest BCUT2D eigenvalue weighted by atomic mass is 9.56. The van der Waals surface area contributed by atoms with Gasteiger partial charge in [-0.25, -0.2) is 30.4 Å². The Morgan fingerprint density at radius 1 is 0.740 bits per heavy atom. The van der Waals surface area contributed by atoms with Crippen LogP contribution in [-0.2, 0) is 10.0 Å². The van der Waals surface area contributed by atoms with Crippen molar-refractivity contribution in [1.29, 1.82) is 10.5 Å². The molecule has 1 heterocycles. The molecule has 4 bridgehead atoms. The van der Waals surface area contributed by atoms with Gasteiger partial charge in [0.2, 0.25) is 10.0 Å². The normalized spacial score (nSPS) is 22.4. The fraction of sp³-hybridized carbons (Fsp3) is 0.256. The van der Waals surface area contributed by atoms with Crippen molar-refractivity contribution in [2.45, 2.75) is 37.4 Å². The molecule has 0 radical (unpaired) electrons. The molecule has 4 aliphatic rings. The van der Waals surface area contributed by atoms with E-state index in [4.69, 9.17) is 0 Å². The fourth-order valence-electron chi connectivity index (χ4n) is 9.30. The molecule has 0 amide bonds. The summed E-state index contributed by atoms with van der Waals surface area (Å²) in [5.74, 6) is -3.64. The number of carboxylic acid groups (broad SMARTS) is 1. The minimum atomic E-state index is -4.26. The Kier molecular flexibility index (Phi) is 7.39. The number of benzene rings is 4. The first kappa shape index (κ1) is 31.9. The summed E-state index contributed by atoms with van der Waals surface area (Å²) in [4.78, 5) is 11.5. The lowest BCUT2D eigenvalue weighted by molar-refractivity contribution is 0.0235. The predicted octanol–water partition coefficient (Wildman–Crippen LogP) is 8.50. The van der Waals surface area contributed by atoms with E-state index in [9.17, 15) is 20.4 Å². The predicted molar refractivity (Wildman–Crippen MR) is 180 cm³/mol. The Bertz CT molecular complexity index is 2390. The van der Waals surface area contributed by atoms with Crippen LogP contribution in [0.4, 0.5) is 13.2 Å². The zero-order valence-electron chi connectivity index (χ0n) is 26.4. The Morgan fingerprint density at radius 3 is 1.90 bits per heavy atom. The molecular formula is C39H28F3N3O4S. The molecule has 250 valence electrons. The van der Waals surface area contributed by atoms with Crippen LogP contribution in [0.25, 0.3) is 44.4 Å². The van der Waals surface area contributed by atoms with E-state index < -0.39 is 49.8 Å². The van der Waals surface area contributed by atoms with Crippen molar-refractivity contribution in [3.8, 4) is 45.6 Å². The highest BCUT2D eigenvalue weighted by molar-refractivity contribution is 7.90. The summed E-state index contributed by atoms with van der Waals surface area (Å²) in [6, 6.07) is 19.7. The quantitative estimate of drug-likeness (QED) is 0.190. The van der Waals surface area contributed by atoms with Crippen molar-refractivity contribution in [3.63, 3.8) is 0 Å². The molecule has 1 N–H and O–H groups in total. The van der Waals surface area contributed by atoms with Crippen LogP contribution in [0.2, 0.25) is 0 Å². The number of carbonyl (C=O) groups is 1. The molecule has 0 atom stereocenters. The molecule has 5 aromatic rings. The first-order valence-corrected chi connectivity index (χ1v) is 17.9. The van der Waals surface area contributed by atoms with Crippen LogP contribution in [0.3, 0.4) is 0 Å². The van der Waals surface area contributed by atoms with Gasteiger partial charge in [0.25, 0.3) is 0 Å². The summed E-state index contributed by atoms with van der Waals surface area (Å²) < 4.78 is 77.8. The average Bonchev–Trinajstić information content (AvgIpc) is 3.41. The van der Waals surface area contributed by atoms with Gasteiger partial charge in [-0.2, -0.15) is 10.5 Å². The van der Waals surface area contributed by atoms with Crippen molar-refractivity contribution in [2.75, 3.05) is 0 Å². The van der Waals surface area contributed by atoms with Crippen LogP contribution in [-0.4, -0.2) is 28.7 Å². The van der Waals surface area contributed by atoms with Gasteiger partial charge in [-0.3, -0.25) is 0 Å². The van der Waals surface area contributed by atoms with Gasteiger partial charge in [-0.1, -0.05) is 24.3 Å². The van der Waals surface area contributed by atoms with Gasteiger partial charge in [-0.05, 0) is 110 Å². The Labute approximate surface area is 285 Å². The van der Waals surface area contributed by atoms with Gasteiger partial charge in [0.1, 0.15) is 17.5 Å². The Hall–Kier alpha value is -5.39. The third-order valence-corrected chi connectivity index (χ3v) is 13.2. The van der Waals surface area contributed by atoms with Gasteiger partial charge in [-0.15, -0.1) is 0 Å². The van der Waals surface area contributed by atoms with E-state index in [1.807, 2.05) is 0 Å². The van der Waals surface area contributed by atoms with Crippen molar-refractivity contribution in [2.24, 2.45) is 23.7 Å². The summed E-state index contributed by atoms with van der Waals surface area (Å²) in [5.41, 5.74) is -0.413. The summed E-state index contributed by atoms with van der Waals surface area (Å²) in [6.07, 6.45) is 4.29. The number of halogens is 3. The molecule has 0 saturated heterocycles. The molecule has 4 aliphatic carbocycles. The number of rotatable bonds is 6. The monoisotopic (exact) mass is 691 g/mol. The van der Waals surface area contributed by atoms with E-state index in [0.717, 1.165) is 38.2 Å². The summed E-state index contributed by atoms with van der Waals surface area (Å²) >= 11 is 0. The maximum absolute atomic E-state index is 15.4. The second-order valence-corrected chi connectivity index (χ2v) is 15.7. The molecule has 11 heteroatoms. The lowest BCUT2D eigenvalue weighted by Gasteiger charge is -2.53. The molecule has 4 aromatic carbocycles. The van der Waals surface area contributed by atoms with Gasteiger partial charge in [0.05, 0.1) is 50.9 Å². The second kappa shape index (κ2) is 11.6. The third-order valence-electron chi connectivity index (χ3n) is 10.9. The zero-order valence-corrected chi connectivity index (χ0v) is 27.2. The van der Waals surface area contributed by atoms with E-state index in [1.54, 1.807) is 6.07 Å². The summed E-state index contributed by atoms with van der Waals surface area (Å²) in [7, 11) is -4.26. The molecule has 0 aliphatic heterocycles. The highest BCUT2D eigenvalue weighted by atomic mass is 32.2. The van der Waals surface area contributed by atoms with E-state index in [0.29, 0.717) is 24.0 Å². The van der Waals surface area contributed by atoms with Gasteiger partial charge >= 0.3 is 5.97 Å². The molecule has 7 nitrogen and oxygen atoms in total.